The van der Waals surface area contributed by atoms with Crippen LogP contribution in [0.3, 0.4) is 0 Å². The van der Waals surface area contributed by atoms with Gasteiger partial charge in [-0.25, -0.2) is 0 Å². The molecule has 0 amide bonds. The number of hydrogen-bond donors (Lipinski definition) is 4. The molecule has 0 aliphatic carbocycles. The van der Waals surface area contributed by atoms with Crippen LogP contribution in [0.25, 0.3) is 12.3 Å². The molecule has 0 saturated heterocycles. The van der Waals surface area contributed by atoms with E-state index in [0.29, 0.717) is 0 Å². The van der Waals surface area contributed by atoms with Crippen molar-refractivity contribution in [2.75, 3.05) is 0 Å². The van der Waals surface area contributed by atoms with Crippen LogP contribution in [0.4, 0.5) is 0 Å². The molecule has 0 heterocycles. The molecule has 0 aliphatic heterocycles. The molecule has 162 valence electrons. The van der Waals surface area contributed by atoms with Crippen LogP contribution < -0.4 is 0 Å². The fourth-order valence-corrected chi connectivity index (χ4v) is 0. The van der Waals surface area contributed by atoms with Crippen LogP contribution in [0.5, 0.6) is 0 Å². The Balaban J connectivity index is -0.0000000122. The summed E-state index contributed by atoms with van der Waals surface area (Å²) in [5, 5.41) is 29.7. The van der Waals surface area contributed by atoms with Gasteiger partial charge in [-0.1, -0.05) is 0 Å². The van der Waals surface area contributed by atoms with Crippen molar-refractivity contribution in [1.29, 1.82) is 0 Å². The van der Waals surface area contributed by atoms with E-state index >= 15 is 0 Å². The number of carboxylic acid groups (broad SMARTS) is 4. The zero-order chi connectivity index (χ0) is 17.0. The standard InChI is InChI=1S/4C2H4O2.2CH3.2ClH.2H2N.2Pt/c4*1-2(3)4;;;;;;;;/h4*1H3,(H,3,4);2*1H3;2*1H;2*1H2;;/q;;;;2*-1;;;2*-1;;+2/p-2. The summed E-state index contributed by atoms with van der Waals surface area (Å²) in [6.07, 6.45) is 0. The molecule has 0 bridgehead atoms. The molecule has 0 aromatic rings. The predicted octanol–water partition coefficient (Wildman–Crippen LogP) is 4.07. The Morgan fingerprint density at radius 3 is 0.625 bits per heavy atom. The van der Waals surface area contributed by atoms with Crippen LogP contribution in [0.15, 0.2) is 0 Å². The normalized spacial score (nSPS) is 5.08. The quantitative estimate of drug-likeness (QED) is 0.263. The number of aliphatic carboxylic acids is 4. The third-order valence-corrected chi connectivity index (χ3v) is 0. The zero-order valence-electron chi connectivity index (χ0n) is 14.0. The maximum absolute atomic E-state index is 9.00. The second-order valence-electron chi connectivity index (χ2n) is 2.12. The molecule has 14 heteroatoms. The molecule has 0 aromatic heterocycles. The van der Waals surface area contributed by atoms with Crippen LogP contribution in [-0.4, -0.2) is 44.3 Å². The topological polar surface area (TPSA) is 216 Å². The molecule has 10 nitrogen and oxygen atoms in total. The SMILES string of the molecule is CC(=O)O.CC(=O)O.CC(=O)O.CC(=O)O.[CH3-].[CH3-].[Cl][Pt][Cl].[NH2-].[NH2-].[Pt]. The monoisotopic (exact) mass is 762 g/mol. The Morgan fingerprint density at radius 2 is 0.625 bits per heavy atom. The van der Waals surface area contributed by atoms with Crippen molar-refractivity contribution in [1.82, 2.24) is 0 Å². The summed E-state index contributed by atoms with van der Waals surface area (Å²) in [5.74, 6) is -3.33. The van der Waals surface area contributed by atoms with Crippen LogP contribution in [0.1, 0.15) is 27.7 Å². The number of carboxylic acids is 4. The van der Waals surface area contributed by atoms with Crippen molar-refractivity contribution in [2.24, 2.45) is 0 Å². The number of hydrogen-bond acceptors (Lipinski definition) is 4. The minimum Gasteiger partial charge on any atom is -0.693 e. The summed E-state index contributed by atoms with van der Waals surface area (Å²) in [7, 11) is 9.75. The Bertz CT molecular complexity index is 199. The first kappa shape index (κ1) is 65.0. The zero-order valence-corrected chi connectivity index (χ0v) is 20.0. The van der Waals surface area contributed by atoms with Gasteiger partial charge in [0.15, 0.2) is 0 Å². The van der Waals surface area contributed by atoms with E-state index in [-0.39, 0.29) is 48.2 Å². The van der Waals surface area contributed by atoms with Gasteiger partial charge < -0.3 is 47.6 Å². The first-order valence-corrected chi connectivity index (χ1v) is 9.58. The van der Waals surface area contributed by atoms with Crippen LogP contribution >= 0.6 is 18.8 Å². The Labute approximate surface area is 174 Å². The van der Waals surface area contributed by atoms with Crippen molar-refractivity contribution >= 4 is 42.7 Å². The second-order valence-corrected chi connectivity index (χ2v) is 5.40. The Kier molecular flexibility index (Phi) is 179. The van der Waals surface area contributed by atoms with Crippen molar-refractivity contribution in [3.05, 3.63) is 27.2 Å². The molecule has 0 fully saturated rings. The summed E-state index contributed by atoms with van der Waals surface area (Å²) in [4.78, 5) is 36.0. The fourth-order valence-electron chi connectivity index (χ4n) is 0. The summed E-state index contributed by atoms with van der Waals surface area (Å²) in [5.41, 5.74) is 0. The van der Waals surface area contributed by atoms with Gasteiger partial charge in [0.1, 0.15) is 0 Å². The number of carbonyl (C=O) groups is 4. The van der Waals surface area contributed by atoms with Gasteiger partial charge in [-0.3, -0.25) is 19.2 Å². The summed E-state index contributed by atoms with van der Waals surface area (Å²) in [6, 6.07) is 0. The molecule has 24 heavy (non-hydrogen) atoms. The Hall–Kier alpha value is -0.243. The third-order valence-electron chi connectivity index (χ3n) is 0. The van der Waals surface area contributed by atoms with Crippen LogP contribution in [0, 0.1) is 14.9 Å². The van der Waals surface area contributed by atoms with Gasteiger partial charge in [-0.05, 0) is 0 Å². The van der Waals surface area contributed by atoms with Gasteiger partial charge in [0, 0.05) is 48.8 Å². The van der Waals surface area contributed by atoms with Crippen LogP contribution in [0.2, 0.25) is 0 Å². The van der Waals surface area contributed by atoms with Gasteiger partial charge in [0.05, 0.1) is 0 Å². The first-order valence-electron chi connectivity index (χ1n) is 3.95. The fraction of sp³-hybridized carbons (Fsp3) is 0.400. The predicted molar refractivity (Wildman–Crippen MR) is 88.3 cm³/mol. The molecule has 0 unspecified atom stereocenters. The molecular weight excluding hydrogens is 737 g/mol. The maximum Gasteiger partial charge on any atom is 0 e. The van der Waals surface area contributed by atoms with Crippen molar-refractivity contribution in [3.63, 3.8) is 0 Å². The number of nitrogens with two attached hydrogens (primary N) is 2. The van der Waals surface area contributed by atoms with E-state index in [9.17, 15) is 0 Å². The van der Waals surface area contributed by atoms with Gasteiger partial charge in [-0.2, -0.15) is 0 Å². The minimum absolute atomic E-state index is 0. The van der Waals surface area contributed by atoms with E-state index in [1.54, 1.807) is 0 Å². The molecule has 0 rings (SSSR count). The van der Waals surface area contributed by atoms with E-state index < -0.39 is 40.4 Å². The molecule has 0 spiro atoms. The van der Waals surface area contributed by atoms with Crippen molar-refractivity contribution in [2.45, 2.75) is 27.7 Å². The third kappa shape index (κ3) is 158000. The average molecular weight is 763 g/mol. The van der Waals surface area contributed by atoms with Gasteiger partial charge in [0.2, 0.25) is 0 Å². The Morgan fingerprint density at radius 1 is 0.625 bits per heavy atom. The molecule has 0 atom stereocenters. The van der Waals surface area contributed by atoms with Crippen molar-refractivity contribution < 1.29 is 77.2 Å². The first-order chi connectivity index (χ1) is 8.34. The van der Waals surface area contributed by atoms with Gasteiger partial charge in [-0.15, -0.1) is 0 Å². The van der Waals surface area contributed by atoms with E-state index in [0.717, 1.165) is 27.7 Å². The number of rotatable bonds is 0. The van der Waals surface area contributed by atoms with Crippen LogP contribution in [-0.2, 0) is 56.7 Å². The van der Waals surface area contributed by atoms with E-state index in [1.165, 1.54) is 0 Å². The molecule has 0 radical (unpaired) electrons. The summed E-state index contributed by atoms with van der Waals surface area (Å²) < 4.78 is 0. The summed E-state index contributed by atoms with van der Waals surface area (Å²) >= 11 is -0.472. The average Bonchev–Trinajstić information content (AvgIpc) is 1.97. The molecule has 0 aromatic carbocycles. The van der Waals surface area contributed by atoms with E-state index in [4.69, 9.17) is 58.4 Å². The molecule has 8 N–H and O–H groups in total. The summed E-state index contributed by atoms with van der Waals surface area (Å²) in [6.45, 7) is 4.33. The van der Waals surface area contributed by atoms with Gasteiger partial charge in [0.25, 0.3) is 23.9 Å². The van der Waals surface area contributed by atoms with Crippen molar-refractivity contribution in [3.8, 4) is 0 Å². The molecular formula is C10H26Cl2N2O8Pt2-4. The minimum atomic E-state index is -0.833. The second kappa shape index (κ2) is 66.2. The van der Waals surface area contributed by atoms with E-state index in [1.807, 2.05) is 0 Å². The number of halogens is 2. The maximum atomic E-state index is 9.00. The van der Waals surface area contributed by atoms with Gasteiger partial charge >= 0.3 is 35.3 Å². The smallest absolute Gasteiger partial charge is 0 e. The van der Waals surface area contributed by atoms with E-state index in [2.05, 4.69) is 0 Å². The largest absolute Gasteiger partial charge is 0.693 e. The molecule has 0 saturated carbocycles. The molecule has 0 aliphatic rings.